The van der Waals surface area contributed by atoms with Crippen molar-refractivity contribution in [3.8, 4) is 0 Å². The number of hydrogen-bond acceptors (Lipinski definition) is 4. The number of aromatic nitrogens is 1. The van der Waals surface area contributed by atoms with Crippen LogP contribution >= 0.6 is 22.9 Å². The molecule has 0 bridgehead atoms. The van der Waals surface area contributed by atoms with Gasteiger partial charge in [0.25, 0.3) is 5.91 Å². The zero-order chi connectivity index (χ0) is 10.8. The molecule has 0 fully saturated rings. The van der Waals surface area contributed by atoms with E-state index in [2.05, 4.69) is 10.5 Å². The summed E-state index contributed by atoms with van der Waals surface area (Å²) in [7, 11) is 0. The number of nitrogens with zero attached hydrogens (tertiary/aromatic N) is 1. The fraction of sp³-hybridized carbons (Fsp3) is 0.111. The van der Waals surface area contributed by atoms with Gasteiger partial charge in [-0.05, 0) is 19.1 Å². The molecule has 0 aliphatic rings. The van der Waals surface area contributed by atoms with Crippen molar-refractivity contribution in [1.82, 2.24) is 5.16 Å². The summed E-state index contributed by atoms with van der Waals surface area (Å²) < 4.78 is 5.43. The Morgan fingerprint density at radius 1 is 1.60 bits per heavy atom. The monoisotopic (exact) mass is 242 g/mol. The van der Waals surface area contributed by atoms with E-state index in [0.717, 1.165) is 5.69 Å². The lowest BCUT2D eigenvalue weighted by Crippen LogP contribution is -2.09. The van der Waals surface area contributed by atoms with Crippen LogP contribution in [-0.2, 0) is 0 Å². The summed E-state index contributed by atoms with van der Waals surface area (Å²) in [6, 6.07) is 4.98. The fourth-order valence-corrected chi connectivity index (χ4v) is 1.97. The maximum atomic E-state index is 11.6. The molecule has 0 radical (unpaired) electrons. The molecule has 1 amide bonds. The molecule has 0 atom stereocenters. The number of halogens is 1. The Labute approximate surface area is 94.8 Å². The largest absolute Gasteiger partial charge is 0.338 e. The quantitative estimate of drug-likeness (QED) is 0.881. The first kappa shape index (κ1) is 10.2. The summed E-state index contributed by atoms with van der Waals surface area (Å²) in [6.45, 7) is 1.78. The third-order valence-electron chi connectivity index (χ3n) is 1.66. The number of amides is 1. The van der Waals surface area contributed by atoms with E-state index in [1.54, 1.807) is 25.1 Å². The van der Waals surface area contributed by atoms with Crippen LogP contribution < -0.4 is 5.32 Å². The second-order valence-corrected chi connectivity index (χ2v) is 4.61. The van der Waals surface area contributed by atoms with Crippen LogP contribution in [0.2, 0.25) is 4.34 Å². The molecule has 0 saturated carbocycles. The van der Waals surface area contributed by atoms with E-state index < -0.39 is 0 Å². The van der Waals surface area contributed by atoms with Gasteiger partial charge in [0.1, 0.15) is 0 Å². The predicted molar refractivity (Wildman–Crippen MR) is 58.5 cm³/mol. The average molecular weight is 243 g/mol. The molecule has 1 N–H and O–H groups in total. The van der Waals surface area contributed by atoms with Crippen LogP contribution in [0.4, 0.5) is 5.88 Å². The fourth-order valence-electron chi connectivity index (χ4n) is 1.03. The summed E-state index contributed by atoms with van der Waals surface area (Å²) in [5, 5.41) is 6.23. The smallest absolute Gasteiger partial charge is 0.268 e. The van der Waals surface area contributed by atoms with Gasteiger partial charge in [0.05, 0.1) is 14.9 Å². The highest BCUT2D eigenvalue weighted by Gasteiger charge is 2.11. The van der Waals surface area contributed by atoms with Crippen molar-refractivity contribution in [3.05, 3.63) is 33.1 Å². The predicted octanol–water partition coefficient (Wildman–Crippen LogP) is 2.95. The third kappa shape index (κ3) is 2.37. The number of carbonyl (C=O) groups is 1. The van der Waals surface area contributed by atoms with Gasteiger partial charge in [0.15, 0.2) is 0 Å². The van der Waals surface area contributed by atoms with Gasteiger partial charge >= 0.3 is 0 Å². The van der Waals surface area contributed by atoms with Crippen molar-refractivity contribution in [2.24, 2.45) is 0 Å². The van der Waals surface area contributed by atoms with E-state index in [1.165, 1.54) is 11.3 Å². The van der Waals surface area contributed by atoms with Gasteiger partial charge in [-0.1, -0.05) is 16.8 Å². The summed E-state index contributed by atoms with van der Waals surface area (Å²) in [5.74, 6) is 0.0880. The topological polar surface area (TPSA) is 55.1 Å². The van der Waals surface area contributed by atoms with Crippen LogP contribution in [0.1, 0.15) is 15.4 Å². The molecule has 0 aromatic carbocycles. The van der Waals surface area contributed by atoms with Gasteiger partial charge in [0.2, 0.25) is 5.88 Å². The van der Waals surface area contributed by atoms with Crippen LogP contribution in [0.3, 0.4) is 0 Å². The first-order chi connectivity index (χ1) is 7.15. The van der Waals surface area contributed by atoms with E-state index in [4.69, 9.17) is 16.1 Å². The Morgan fingerprint density at radius 2 is 2.40 bits per heavy atom. The molecule has 0 spiro atoms. The molecule has 78 valence electrons. The Balaban J connectivity index is 2.10. The van der Waals surface area contributed by atoms with Crippen molar-refractivity contribution in [3.63, 3.8) is 0 Å². The molecule has 0 aliphatic carbocycles. The lowest BCUT2D eigenvalue weighted by Gasteiger charge is -1.96. The lowest BCUT2D eigenvalue weighted by atomic mass is 10.4. The minimum atomic E-state index is -0.247. The second kappa shape index (κ2) is 4.04. The zero-order valence-electron chi connectivity index (χ0n) is 7.78. The Morgan fingerprint density at radius 3 is 2.93 bits per heavy atom. The molecular weight excluding hydrogens is 236 g/mol. The Bertz CT molecular complexity index is 492. The number of aryl methyl sites for hydroxylation is 1. The van der Waals surface area contributed by atoms with E-state index in [0.29, 0.717) is 15.1 Å². The zero-order valence-corrected chi connectivity index (χ0v) is 9.35. The van der Waals surface area contributed by atoms with Gasteiger partial charge in [-0.3, -0.25) is 10.1 Å². The molecule has 2 heterocycles. The van der Waals surface area contributed by atoms with Gasteiger partial charge in [0, 0.05) is 6.07 Å². The summed E-state index contributed by atoms with van der Waals surface area (Å²) in [5.41, 5.74) is 0.717. The standard InChI is InChI=1S/C9H7ClN2O2S/c1-5-4-8(14-12-5)11-9(13)6-2-3-7(10)15-6/h2-4H,1H3,(H,11,13). The maximum absolute atomic E-state index is 11.6. The number of nitrogens with one attached hydrogen (secondary N) is 1. The van der Waals surface area contributed by atoms with E-state index in [1.807, 2.05) is 0 Å². The summed E-state index contributed by atoms with van der Waals surface area (Å²) in [4.78, 5) is 12.1. The summed E-state index contributed by atoms with van der Waals surface area (Å²) >= 11 is 6.93. The van der Waals surface area contributed by atoms with Crippen molar-refractivity contribution in [2.75, 3.05) is 5.32 Å². The summed E-state index contributed by atoms with van der Waals surface area (Å²) in [6.07, 6.45) is 0. The van der Waals surface area contributed by atoms with E-state index in [9.17, 15) is 4.79 Å². The van der Waals surface area contributed by atoms with Crippen LogP contribution in [-0.4, -0.2) is 11.1 Å². The van der Waals surface area contributed by atoms with Gasteiger partial charge in [-0.15, -0.1) is 11.3 Å². The normalized spacial score (nSPS) is 10.3. The molecule has 2 rings (SSSR count). The first-order valence-corrected chi connectivity index (χ1v) is 5.34. The number of rotatable bonds is 2. The molecular formula is C9H7ClN2O2S. The highest BCUT2D eigenvalue weighted by atomic mass is 35.5. The third-order valence-corrected chi connectivity index (χ3v) is 2.89. The van der Waals surface area contributed by atoms with Crippen LogP contribution in [0.15, 0.2) is 22.7 Å². The molecule has 15 heavy (non-hydrogen) atoms. The van der Waals surface area contributed by atoms with Gasteiger partial charge in [-0.2, -0.15) is 0 Å². The number of thiophene rings is 1. The van der Waals surface area contributed by atoms with Crippen molar-refractivity contribution < 1.29 is 9.32 Å². The van der Waals surface area contributed by atoms with Gasteiger partial charge < -0.3 is 4.52 Å². The second-order valence-electron chi connectivity index (χ2n) is 2.89. The van der Waals surface area contributed by atoms with Crippen LogP contribution in [0.25, 0.3) is 0 Å². The molecule has 2 aromatic rings. The Kier molecular flexibility index (Phi) is 2.75. The average Bonchev–Trinajstić information content (AvgIpc) is 2.75. The van der Waals surface area contributed by atoms with Crippen molar-refractivity contribution in [1.29, 1.82) is 0 Å². The lowest BCUT2D eigenvalue weighted by molar-refractivity contribution is 0.102. The molecule has 4 nitrogen and oxygen atoms in total. The van der Waals surface area contributed by atoms with E-state index >= 15 is 0 Å². The van der Waals surface area contributed by atoms with Crippen LogP contribution in [0, 0.1) is 6.92 Å². The highest BCUT2D eigenvalue weighted by molar-refractivity contribution is 7.18. The minimum Gasteiger partial charge on any atom is -0.338 e. The number of carbonyl (C=O) groups excluding carboxylic acids is 1. The maximum Gasteiger partial charge on any atom is 0.268 e. The molecule has 0 unspecified atom stereocenters. The minimum absolute atomic E-state index is 0.247. The van der Waals surface area contributed by atoms with E-state index in [-0.39, 0.29) is 5.91 Å². The van der Waals surface area contributed by atoms with Crippen molar-refractivity contribution in [2.45, 2.75) is 6.92 Å². The number of hydrogen-bond donors (Lipinski definition) is 1. The number of anilines is 1. The van der Waals surface area contributed by atoms with Crippen LogP contribution in [0.5, 0.6) is 0 Å². The molecule has 0 aliphatic heterocycles. The Hall–Kier alpha value is -1.33. The first-order valence-electron chi connectivity index (χ1n) is 4.15. The molecule has 0 saturated heterocycles. The van der Waals surface area contributed by atoms with Crippen molar-refractivity contribution >= 4 is 34.7 Å². The molecule has 2 aromatic heterocycles. The molecule has 6 heteroatoms. The SMILES string of the molecule is Cc1cc(NC(=O)c2ccc(Cl)s2)on1. The highest BCUT2D eigenvalue weighted by Crippen LogP contribution is 2.22. The van der Waals surface area contributed by atoms with Gasteiger partial charge in [-0.25, -0.2) is 0 Å².